The lowest BCUT2D eigenvalue weighted by Crippen LogP contribution is -2.40. The van der Waals surface area contributed by atoms with E-state index >= 15 is 0 Å². The van der Waals surface area contributed by atoms with Gasteiger partial charge in [-0.3, -0.25) is 15.4 Å². The van der Waals surface area contributed by atoms with Gasteiger partial charge in [0, 0.05) is 24.5 Å². The van der Waals surface area contributed by atoms with Gasteiger partial charge in [-0.25, -0.2) is 0 Å². The molecule has 2 aliphatic rings. The highest BCUT2D eigenvalue weighted by molar-refractivity contribution is 8.13. The van der Waals surface area contributed by atoms with Crippen LogP contribution in [0.3, 0.4) is 0 Å². The summed E-state index contributed by atoms with van der Waals surface area (Å²) in [6.07, 6.45) is 5.47. The van der Waals surface area contributed by atoms with Crippen LogP contribution in [0.2, 0.25) is 10.0 Å². The van der Waals surface area contributed by atoms with Gasteiger partial charge in [-0.2, -0.15) is 0 Å². The molecule has 1 heterocycles. The summed E-state index contributed by atoms with van der Waals surface area (Å²) in [7, 11) is 1.79. The van der Waals surface area contributed by atoms with Gasteiger partial charge in [0.05, 0.1) is 10.7 Å². The highest BCUT2D eigenvalue weighted by Gasteiger charge is 2.36. The fraction of sp³-hybridized carbons (Fsp3) is 0.500. The molecule has 20 heavy (non-hydrogen) atoms. The Balaban J connectivity index is 2.04. The number of hydrogen-bond acceptors (Lipinski definition) is 3. The lowest BCUT2D eigenvalue weighted by Gasteiger charge is -2.23. The van der Waals surface area contributed by atoms with Crippen LogP contribution in [0.5, 0.6) is 0 Å². The van der Waals surface area contributed by atoms with E-state index in [1.165, 1.54) is 24.0 Å². The molecule has 1 aliphatic heterocycles. The second-order valence-corrected chi connectivity index (χ2v) is 6.73. The van der Waals surface area contributed by atoms with Crippen molar-refractivity contribution in [3.8, 4) is 0 Å². The van der Waals surface area contributed by atoms with Gasteiger partial charge in [-0.05, 0) is 42.7 Å². The zero-order valence-electron chi connectivity index (χ0n) is 11.5. The van der Waals surface area contributed by atoms with Gasteiger partial charge in [0.1, 0.15) is 0 Å². The third kappa shape index (κ3) is 2.28. The second kappa shape index (κ2) is 5.66. The molecule has 108 valence electrons. The van der Waals surface area contributed by atoms with Crippen LogP contribution < -0.4 is 10.4 Å². The van der Waals surface area contributed by atoms with E-state index < -0.39 is 0 Å². The SMILES string of the molecule is CN=C(NN1CC2CCCc3c(Cl)cc(Cl)c1c32)SC. The summed E-state index contributed by atoms with van der Waals surface area (Å²) >= 11 is 14.4. The number of amidine groups is 1. The van der Waals surface area contributed by atoms with Crippen molar-refractivity contribution in [3.05, 3.63) is 27.2 Å². The zero-order chi connectivity index (χ0) is 14.3. The molecule has 1 unspecified atom stereocenters. The molecular formula is C14H17Cl2N3S. The molecule has 0 amide bonds. The van der Waals surface area contributed by atoms with Gasteiger partial charge in [-0.15, -0.1) is 0 Å². The first kappa shape index (κ1) is 14.4. The number of hydrogen-bond donors (Lipinski definition) is 1. The van der Waals surface area contributed by atoms with Crippen LogP contribution >= 0.6 is 35.0 Å². The largest absolute Gasteiger partial charge is 0.284 e. The molecule has 1 aliphatic carbocycles. The Bertz CT molecular complexity index is 574. The molecule has 1 atom stereocenters. The average molecular weight is 330 g/mol. The van der Waals surface area contributed by atoms with Gasteiger partial charge in [0.2, 0.25) is 0 Å². The first-order chi connectivity index (χ1) is 9.65. The summed E-state index contributed by atoms with van der Waals surface area (Å²) in [6, 6.07) is 1.88. The quantitative estimate of drug-likeness (QED) is 0.621. The molecule has 1 N–H and O–H groups in total. The number of halogens is 2. The van der Waals surface area contributed by atoms with Crippen molar-refractivity contribution in [3.63, 3.8) is 0 Å². The Morgan fingerprint density at radius 2 is 2.25 bits per heavy atom. The molecule has 0 bridgehead atoms. The average Bonchev–Trinajstić information content (AvgIpc) is 2.81. The molecule has 0 aromatic heterocycles. The lowest BCUT2D eigenvalue weighted by atomic mass is 9.84. The number of anilines is 1. The van der Waals surface area contributed by atoms with Gasteiger partial charge in [0.25, 0.3) is 0 Å². The molecule has 0 fully saturated rings. The maximum atomic E-state index is 6.45. The van der Waals surface area contributed by atoms with Crippen LogP contribution in [0, 0.1) is 0 Å². The number of nitrogens with zero attached hydrogens (tertiary/aromatic N) is 2. The molecule has 6 heteroatoms. The summed E-state index contributed by atoms with van der Waals surface area (Å²) in [5.41, 5.74) is 7.09. The van der Waals surface area contributed by atoms with Crippen molar-refractivity contribution in [1.29, 1.82) is 0 Å². The van der Waals surface area contributed by atoms with Crippen molar-refractivity contribution < 1.29 is 0 Å². The smallest absolute Gasteiger partial charge is 0.175 e. The van der Waals surface area contributed by atoms with E-state index in [2.05, 4.69) is 15.4 Å². The molecule has 1 aromatic carbocycles. The molecule has 3 nitrogen and oxygen atoms in total. The van der Waals surface area contributed by atoms with Crippen molar-refractivity contribution >= 4 is 45.8 Å². The third-order valence-electron chi connectivity index (χ3n) is 4.04. The van der Waals surface area contributed by atoms with Gasteiger partial charge in [-0.1, -0.05) is 35.0 Å². The van der Waals surface area contributed by atoms with Gasteiger partial charge < -0.3 is 0 Å². The first-order valence-electron chi connectivity index (χ1n) is 6.71. The van der Waals surface area contributed by atoms with E-state index in [0.29, 0.717) is 5.92 Å². The monoisotopic (exact) mass is 329 g/mol. The van der Waals surface area contributed by atoms with E-state index in [1.807, 2.05) is 12.3 Å². The van der Waals surface area contributed by atoms with Crippen LogP contribution in [0.25, 0.3) is 0 Å². The number of hydrazine groups is 1. The molecular weight excluding hydrogens is 313 g/mol. The van der Waals surface area contributed by atoms with Crippen molar-refractivity contribution in [2.24, 2.45) is 4.99 Å². The van der Waals surface area contributed by atoms with E-state index in [-0.39, 0.29) is 0 Å². The Hall–Kier alpha value is -0.580. The zero-order valence-corrected chi connectivity index (χ0v) is 13.9. The second-order valence-electron chi connectivity index (χ2n) is 5.13. The van der Waals surface area contributed by atoms with Gasteiger partial charge >= 0.3 is 0 Å². The number of aliphatic imine (C=N–C) groups is 1. The maximum absolute atomic E-state index is 6.45. The van der Waals surface area contributed by atoms with E-state index in [9.17, 15) is 0 Å². The summed E-state index contributed by atoms with van der Waals surface area (Å²) in [5, 5.41) is 4.56. The molecule has 1 aromatic rings. The van der Waals surface area contributed by atoms with Crippen molar-refractivity contribution in [1.82, 2.24) is 5.43 Å². The summed E-state index contributed by atoms with van der Waals surface area (Å²) < 4.78 is 0. The molecule has 3 rings (SSSR count). The highest BCUT2D eigenvalue weighted by atomic mass is 35.5. The fourth-order valence-electron chi connectivity index (χ4n) is 3.20. The van der Waals surface area contributed by atoms with Crippen LogP contribution in [0.4, 0.5) is 5.69 Å². The molecule has 0 radical (unpaired) electrons. The normalized spacial score (nSPS) is 21.1. The number of rotatable bonds is 1. The van der Waals surface area contributed by atoms with E-state index in [0.717, 1.165) is 33.9 Å². The number of thioether (sulfide) groups is 1. The predicted octanol–water partition coefficient (Wildman–Crippen LogP) is 4.09. The summed E-state index contributed by atoms with van der Waals surface area (Å²) in [6.45, 7) is 0.933. The minimum atomic E-state index is 0.525. The molecule has 0 saturated heterocycles. The third-order valence-corrected chi connectivity index (χ3v) is 5.32. The number of nitrogens with one attached hydrogen (secondary N) is 1. The Morgan fingerprint density at radius 1 is 1.45 bits per heavy atom. The minimum absolute atomic E-state index is 0.525. The van der Waals surface area contributed by atoms with E-state index in [4.69, 9.17) is 23.2 Å². The highest BCUT2D eigenvalue weighted by Crippen LogP contribution is 2.49. The summed E-state index contributed by atoms with van der Waals surface area (Å²) in [4.78, 5) is 4.24. The molecule has 0 spiro atoms. The standard InChI is InChI=1S/C14H17Cl2N3S/c1-17-14(20-2)18-19-7-8-4-3-5-9-10(15)6-11(16)13(19)12(8)9/h6,8H,3-5,7H2,1-2H3,(H,17,18). The maximum Gasteiger partial charge on any atom is 0.175 e. The van der Waals surface area contributed by atoms with Crippen molar-refractivity contribution in [2.45, 2.75) is 25.2 Å². The molecule has 0 saturated carbocycles. The van der Waals surface area contributed by atoms with E-state index in [1.54, 1.807) is 18.8 Å². The van der Waals surface area contributed by atoms with Crippen LogP contribution in [0.15, 0.2) is 11.1 Å². The minimum Gasteiger partial charge on any atom is -0.284 e. The lowest BCUT2D eigenvalue weighted by molar-refractivity contribution is 0.568. The topological polar surface area (TPSA) is 27.6 Å². The predicted molar refractivity (Wildman–Crippen MR) is 89.5 cm³/mol. The van der Waals surface area contributed by atoms with Crippen LogP contribution in [-0.4, -0.2) is 25.0 Å². The Labute approximate surface area is 133 Å². The van der Waals surface area contributed by atoms with Crippen LogP contribution in [-0.2, 0) is 6.42 Å². The Kier molecular flexibility index (Phi) is 4.07. The van der Waals surface area contributed by atoms with Crippen LogP contribution in [0.1, 0.15) is 29.9 Å². The van der Waals surface area contributed by atoms with Gasteiger partial charge in [0.15, 0.2) is 5.17 Å². The Morgan fingerprint density at radius 3 is 2.95 bits per heavy atom. The fourth-order valence-corrected chi connectivity index (χ4v) is 4.26. The first-order valence-corrected chi connectivity index (χ1v) is 8.69. The summed E-state index contributed by atoms with van der Waals surface area (Å²) in [5.74, 6) is 0.525. The van der Waals surface area contributed by atoms with Crippen molar-refractivity contribution in [2.75, 3.05) is 24.9 Å². The number of benzene rings is 1.